The van der Waals surface area contributed by atoms with Gasteiger partial charge in [0.1, 0.15) is 5.82 Å². The molecule has 0 aromatic heterocycles. The molecule has 0 radical (unpaired) electrons. The topological polar surface area (TPSA) is 61.4 Å². The number of hydrogen-bond donors (Lipinski definition) is 2. The van der Waals surface area contributed by atoms with Crippen LogP contribution in [0.25, 0.3) is 0 Å². The van der Waals surface area contributed by atoms with Gasteiger partial charge in [-0.25, -0.2) is 4.39 Å². The zero-order valence-electron chi connectivity index (χ0n) is 12.6. The van der Waals surface area contributed by atoms with Gasteiger partial charge in [0.05, 0.1) is 12.2 Å². The highest BCUT2D eigenvalue weighted by molar-refractivity contribution is 5.89. The zero-order chi connectivity index (χ0) is 16.5. The molecule has 0 heterocycles. The Bertz CT molecular complexity index is 563. The minimum absolute atomic E-state index is 0.0484. The lowest BCUT2D eigenvalue weighted by atomic mass is 10.2. The van der Waals surface area contributed by atoms with Crippen molar-refractivity contribution in [3.63, 3.8) is 0 Å². The molecule has 1 aromatic rings. The molecule has 0 aliphatic heterocycles. The van der Waals surface area contributed by atoms with Gasteiger partial charge in [-0.05, 0) is 18.2 Å². The van der Waals surface area contributed by atoms with Crippen molar-refractivity contribution in [2.45, 2.75) is 6.92 Å². The molecule has 0 aliphatic rings. The van der Waals surface area contributed by atoms with Crippen LogP contribution in [0.5, 0.6) is 0 Å². The Kier molecular flexibility index (Phi) is 6.82. The van der Waals surface area contributed by atoms with E-state index in [1.165, 1.54) is 25.1 Å². The summed E-state index contributed by atoms with van der Waals surface area (Å²) >= 11 is 0. The SMILES string of the molecule is C=CCN(CC=C)C(=O)CNc1ccc(F)c(NC(C)=O)c1. The van der Waals surface area contributed by atoms with Crippen LogP contribution in [0.15, 0.2) is 43.5 Å². The third kappa shape index (κ3) is 5.40. The van der Waals surface area contributed by atoms with Crippen LogP contribution in [-0.2, 0) is 9.59 Å². The standard InChI is InChI=1S/C16H20FN3O2/c1-4-8-20(9-5-2)16(22)11-18-13-6-7-14(17)15(10-13)19-12(3)21/h4-7,10,18H,1-2,8-9,11H2,3H3,(H,19,21). The van der Waals surface area contributed by atoms with Crippen molar-refractivity contribution in [2.24, 2.45) is 0 Å². The van der Waals surface area contributed by atoms with Crippen LogP contribution < -0.4 is 10.6 Å². The first kappa shape index (κ1) is 17.4. The second-order valence-electron chi connectivity index (χ2n) is 4.61. The quantitative estimate of drug-likeness (QED) is 0.725. The van der Waals surface area contributed by atoms with Crippen LogP contribution in [0, 0.1) is 5.82 Å². The maximum atomic E-state index is 13.5. The summed E-state index contributed by atoms with van der Waals surface area (Å²) in [6.45, 7) is 9.40. The van der Waals surface area contributed by atoms with Gasteiger partial charge < -0.3 is 15.5 Å². The molecule has 22 heavy (non-hydrogen) atoms. The van der Waals surface area contributed by atoms with Gasteiger partial charge in [-0.2, -0.15) is 0 Å². The average Bonchev–Trinajstić information content (AvgIpc) is 2.47. The van der Waals surface area contributed by atoms with E-state index in [0.29, 0.717) is 18.8 Å². The van der Waals surface area contributed by atoms with E-state index in [1.807, 2.05) is 0 Å². The first-order chi connectivity index (χ1) is 10.5. The van der Waals surface area contributed by atoms with Crippen LogP contribution >= 0.6 is 0 Å². The number of amides is 2. The Hall–Kier alpha value is -2.63. The monoisotopic (exact) mass is 305 g/mol. The fourth-order valence-corrected chi connectivity index (χ4v) is 1.80. The molecular formula is C16H20FN3O2. The van der Waals surface area contributed by atoms with Crippen molar-refractivity contribution in [2.75, 3.05) is 30.3 Å². The number of hydrogen-bond acceptors (Lipinski definition) is 3. The van der Waals surface area contributed by atoms with Crippen LogP contribution in [0.2, 0.25) is 0 Å². The van der Waals surface area contributed by atoms with Gasteiger partial charge in [0.15, 0.2) is 0 Å². The molecule has 2 amide bonds. The maximum Gasteiger partial charge on any atom is 0.242 e. The fraction of sp³-hybridized carbons (Fsp3) is 0.250. The first-order valence-electron chi connectivity index (χ1n) is 6.78. The Morgan fingerprint density at radius 1 is 1.27 bits per heavy atom. The van der Waals surface area contributed by atoms with Crippen LogP contribution in [-0.4, -0.2) is 36.3 Å². The molecule has 0 unspecified atom stereocenters. The Morgan fingerprint density at radius 3 is 2.45 bits per heavy atom. The molecule has 0 saturated heterocycles. The van der Waals surface area contributed by atoms with Crippen molar-refractivity contribution in [1.29, 1.82) is 0 Å². The molecule has 2 N–H and O–H groups in total. The average molecular weight is 305 g/mol. The van der Waals surface area contributed by atoms with Gasteiger partial charge in [0.2, 0.25) is 11.8 Å². The third-order valence-electron chi connectivity index (χ3n) is 2.77. The molecule has 0 saturated carbocycles. The lowest BCUT2D eigenvalue weighted by Gasteiger charge is -2.20. The van der Waals surface area contributed by atoms with Gasteiger partial charge in [-0.15, -0.1) is 13.2 Å². The van der Waals surface area contributed by atoms with E-state index >= 15 is 0 Å². The Labute approximate surface area is 129 Å². The molecule has 0 bridgehead atoms. The molecule has 0 spiro atoms. The minimum atomic E-state index is -0.535. The maximum absolute atomic E-state index is 13.5. The summed E-state index contributed by atoms with van der Waals surface area (Å²) < 4.78 is 13.5. The van der Waals surface area contributed by atoms with Crippen molar-refractivity contribution in [1.82, 2.24) is 4.90 Å². The van der Waals surface area contributed by atoms with Crippen LogP contribution in [0.1, 0.15) is 6.92 Å². The van der Waals surface area contributed by atoms with Crippen LogP contribution in [0.3, 0.4) is 0 Å². The number of carbonyl (C=O) groups excluding carboxylic acids is 2. The highest BCUT2D eigenvalue weighted by Crippen LogP contribution is 2.19. The summed E-state index contributed by atoms with van der Waals surface area (Å²) in [5.74, 6) is -1.03. The number of nitrogens with one attached hydrogen (secondary N) is 2. The number of nitrogens with zero attached hydrogens (tertiary/aromatic N) is 1. The normalized spacial score (nSPS) is 9.73. The minimum Gasteiger partial charge on any atom is -0.376 e. The Balaban J connectivity index is 2.70. The van der Waals surface area contributed by atoms with Crippen LogP contribution in [0.4, 0.5) is 15.8 Å². The Morgan fingerprint density at radius 2 is 1.91 bits per heavy atom. The molecule has 6 heteroatoms. The van der Waals surface area contributed by atoms with Gasteiger partial charge in [-0.1, -0.05) is 12.2 Å². The lowest BCUT2D eigenvalue weighted by molar-refractivity contribution is -0.128. The summed E-state index contributed by atoms with van der Waals surface area (Å²) in [7, 11) is 0. The van der Waals surface area contributed by atoms with Gasteiger partial charge in [0.25, 0.3) is 0 Å². The highest BCUT2D eigenvalue weighted by atomic mass is 19.1. The largest absolute Gasteiger partial charge is 0.376 e. The molecule has 0 aliphatic carbocycles. The fourth-order valence-electron chi connectivity index (χ4n) is 1.80. The predicted octanol–water partition coefficient (Wildman–Crippen LogP) is 2.40. The van der Waals surface area contributed by atoms with Gasteiger partial charge in [-0.3, -0.25) is 9.59 Å². The summed E-state index contributed by atoms with van der Waals surface area (Å²) in [5, 5.41) is 5.29. The third-order valence-corrected chi connectivity index (χ3v) is 2.77. The number of carbonyl (C=O) groups is 2. The molecule has 1 aromatic carbocycles. The number of rotatable bonds is 8. The first-order valence-corrected chi connectivity index (χ1v) is 6.78. The van der Waals surface area contributed by atoms with Gasteiger partial charge >= 0.3 is 0 Å². The second-order valence-corrected chi connectivity index (χ2v) is 4.61. The summed E-state index contributed by atoms with van der Waals surface area (Å²) in [4.78, 5) is 24.6. The van der Waals surface area contributed by atoms with Gasteiger partial charge in [0, 0.05) is 25.7 Å². The zero-order valence-corrected chi connectivity index (χ0v) is 12.6. The van der Waals surface area contributed by atoms with E-state index < -0.39 is 5.82 Å². The van der Waals surface area contributed by atoms with Crippen molar-refractivity contribution < 1.29 is 14.0 Å². The molecule has 5 nitrogen and oxygen atoms in total. The van der Waals surface area contributed by atoms with E-state index in [2.05, 4.69) is 23.8 Å². The summed E-state index contributed by atoms with van der Waals surface area (Å²) in [6, 6.07) is 4.16. The van der Waals surface area contributed by atoms with E-state index in [9.17, 15) is 14.0 Å². The number of halogens is 1. The highest BCUT2D eigenvalue weighted by Gasteiger charge is 2.11. The van der Waals surface area contributed by atoms with E-state index in [4.69, 9.17) is 0 Å². The second kappa shape index (κ2) is 8.61. The summed E-state index contributed by atoms with van der Waals surface area (Å²) in [5.41, 5.74) is 0.606. The lowest BCUT2D eigenvalue weighted by Crippen LogP contribution is -2.35. The van der Waals surface area contributed by atoms with Crippen molar-refractivity contribution >= 4 is 23.2 Å². The molecule has 1 rings (SSSR count). The summed E-state index contributed by atoms with van der Waals surface area (Å²) in [6.07, 6.45) is 3.27. The van der Waals surface area contributed by atoms with E-state index in [1.54, 1.807) is 17.1 Å². The molecule has 118 valence electrons. The molecule has 0 fully saturated rings. The smallest absolute Gasteiger partial charge is 0.242 e. The molecule has 0 atom stereocenters. The van der Waals surface area contributed by atoms with E-state index in [-0.39, 0.29) is 24.0 Å². The van der Waals surface area contributed by atoms with E-state index in [0.717, 1.165) is 0 Å². The predicted molar refractivity (Wildman–Crippen MR) is 86.2 cm³/mol. The number of benzene rings is 1. The molecular weight excluding hydrogens is 285 g/mol. The van der Waals surface area contributed by atoms with Crippen molar-refractivity contribution in [3.05, 3.63) is 49.3 Å². The number of anilines is 2. The van der Waals surface area contributed by atoms with Crippen molar-refractivity contribution in [3.8, 4) is 0 Å².